The van der Waals surface area contributed by atoms with Gasteiger partial charge in [0, 0.05) is 11.8 Å². The predicted octanol–water partition coefficient (Wildman–Crippen LogP) is -14.4. The third kappa shape index (κ3) is 25.8. The van der Waals surface area contributed by atoms with Crippen molar-refractivity contribution in [1.29, 1.82) is 0 Å². The molecule has 0 aromatic heterocycles. The SMILES string of the molecule is CC(COSOO[O-])C(OSOO[O-])C(OS(=O)(=O)[O-])C(C)COS(=O)(=O)[O-].[Na+].[Na+].[Na+].[Na+]. The molecule has 0 saturated heterocycles. The van der Waals surface area contributed by atoms with Crippen molar-refractivity contribution in [2.24, 2.45) is 11.8 Å². The summed E-state index contributed by atoms with van der Waals surface area (Å²) in [6, 6.07) is 0. The molecule has 0 aromatic carbocycles. The van der Waals surface area contributed by atoms with E-state index in [-0.39, 0.29) is 149 Å². The summed E-state index contributed by atoms with van der Waals surface area (Å²) >= 11 is 0.0332. The van der Waals surface area contributed by atoms with Crippen LogP contribution in [0.1, 0.15) is 13.8 Å². The van der Waals surface area contributed by atoms with Crippen molar-refractivity contribution in [2.45, 2.75) is 26.1 Å². The second kappa shape index (κ2) is 25.4. The van der Waals surface area contributed by atoms with Gasteiger partial charge in [0.25, 0.3) is 0 Å². The number of hydrogen-bond acceptors (Lipinski definition) is 18. The first-order valence-electron chi connectivity index (χ1n) is 6.69. The van der Waals surface area contributed by atoms with Gasteiger partial charge in [-0.15, -0.1) is 8.67 Å². The van der Waals surface area contributed by atoms with Crippen molar-refractivity contribution in [3.05, 3.63) is 0 Å². The molecule has 16 nitrogen and oxygen atoms in total. The molecule has 32 heavy (non-hydrogen) atoms. The molecule has 0 amide bonds. The molecule has 170 valence electrons. The molecule has 0 fully saturated rings. The summed E-state index contributed by atoms with van der Waals surface area (Å²) in [5, 5.41) is 25.6. The zero-order valence-electron chi connectivity index (χ0n) is 17.9. The molecule has 0 aliphatic carbocycles. The molecule has 0 aliphatic rings. The third-order valence-electron chi connectivity index (χ3n) is 2.79. The standard InChI is InChI=1S/C8H18O16S4.4Na/c1-5(3-17-25-23-21-9)7(19-26-24-22-10)8(20-28(14,15)16)6(2)4-18-27(11,12)13;;;;/h5-10H,3-4H2,1-2H3,(H,11,12,13)(H,14,15,16);;;;/q;4*+1/p-4. The molecule has 0 saturated carbocycles. The number of rotatable bonds is 17. The molecule has 0 radical (unpaired) electrons. The second-order valence-corrected chi connectivity index (χ2v) is 7.90. The van der Waals surface area contributed by atoms with Crippen LogP contribution in [0.15, 0.2) is 0 Å². The van der Waals surface area contributed by atoms with Gasteiger partial charge in [0.05, 0.1) is 13.2 Å². The Labute approximate surface area is 282 Å². The molecular formula is C8H14Na4O16S4. The first-order valence-corrected chi connectivity index (χ1v) is 10.7. The van der Waals surface area contributed by atoms with E-state index in [4.69, 9.17) is 8.37 Å². The van der Waals surface area contributed by atoms with Crippen LogP contribution in [0.5, 0.6) is 0 Å². The molecule has 0 bridgehead atoms. The Hall–Kier alpha value is 4.12. The Morgan fingerprint density at radius 1 is 0.750 bits per heavy atom. The maximum Gasteiger partial charge on any atom is 1.00 e. The third-order valence-corrected chi connectivity index (χ3v) is 4.43. The van der Waals surface area contributed by atoms with Crippen molar-refractivity contribution < 1.29 is 190 Å². The molecule has 0 heterocycles. The Kier molecular flexibility index (Phi) is 36.5. The molecule has 0 N–H and O–H groups in total. The normalized spacial score (nSPS) is 15.1. The van der Waals surface area contributed by atoms with Crippen LogP contribution in [0.4, 0.5) is 0 Å². The fourth-order valence-electron chi connectivity index (χ4n) is 1.70. The van der Waals surface area contributed by atoms with E-state index in [2.05, 4.69) is 27.1 Å². The summed E-state index contributed by atoms with van der Waals surface area (Å²) < 4.78 is 90.7. The van der Waals surface area contributed by atoms with Crippen molar-refractivity contribution >= 4 is 45.4 Å². The van der Waals surface area contributed by atoms with Gasteiger partial charge >= 0.3 is 118 Å². The zero-order valence-corrected chi connectivity index (χ0v) is 29.2. The average Bonchev–Trinajstić information content (AvgIpc) is 2.57. The van der Waals surface area contributed by atoms with Crippen LogP contribution in [0.3, 0.4) is 0 Å². The summed E-state index contributed by atoms with van der Waals surface area (Å²) in [4.78, 5) is 0. The van der Waals surface area contributed by atoms with Gasteiger partial charge in [-0.3, -0.25) is 26.8 Å². The van der Waals surface area contributed by atoms with Gasteiger partial charge in [-0.05, 0) is 0 Å². The quantitative estimate of drug-likeness (QED) is 0.0292. The minimum Gasteiger partial charge on any atom is -0.726 e. The molecule has 0 spiro atoms. The van der Waals surface area contributed by atoms with E-state index in [1.165, 1.54) is 13.8 Å². The molecule has 4 unspecified atom stereocenters. The van der Waals surface area contributed by atoms with E-state index in [9.17, 15) is 36.5 Å². The van der Waals surface area contributed by atoms with Crippen molar-refractivity contribution in [1.82, 2.24) is 0 Å². The molecule has 0 aliphatic heterocycles. The van der Waals surface area contributed by atoms with Crippen LogP contribution >= 0.6 is 24.6 Å². The van der Waals surface area contributed by atoms with Crippen LogP contribution in [-0.4, -0.2) is 51.4 Å². The fourth-order valence-corrected chi connectivity index (χ4v) is 3.43. The first-order chi connectivity index (χ1) is 12.9. The maximum atomic E-state index is 11.0. The van der Waals surface area contributed by atoms with Gasteiger partial charge in [-0.2, -0.15) is 0 Å². The maximum absolute atomic E-state index is 11.0. The first kappa shape index (κ1) is 46.0. The monoisotopic (exact) mass is 586 g/mol. The van der Waals surface area contributed by atoms with Crippen LogP contribution < -0.4 is 129 Å². The van der Waals surface area contributed by atoms with Gasteiger partial charge < -0.3 is 19.6 Å². The largest absolute Gasteiger partial charge is 1.00 e. The van der Waals surface area contributed by atoms with Crippen molar-refractivity contribution in [3.63, 3.8) is 0 Å². The van der Waals surface area contributed by atoms with Gasteiger partial charge in [-0.1, -0.05) is 13.8 Å². The minimum atomic E-state index is -5.35. The summed E-state index contributed by atoms with van der Waals surface area (Å²) in [7, 11) is -10.5. The van der Waals surface area contributed by atoms with E-state index < -0.39 is 51.4 Å². The van der Waals surface area contributed by atoms with E-state index in [0.29, 0.717) is 0 Å². The smallest absolute Gasteiger partial charge is 0.726 e. The average molecular weight is 586 g/mol. The van der Waals surface area contributed by atoms with E-state index >= 15 is 0 Å². The van der Waals surface area contributed by atoms with Crippen LogP contribution in [0.25, 0.3) is 0 Å². The van der Waals surface area contributed by atoms with E-state index in [1.54, 1.807) is 0 Å². The summed E-state index contributed by atoms with van der Waals surface area (Å²) in [6.45, 7) is 1.31. The minimum absolute atomic E-state index is 0. The Morgan fingerprint density at radius 2 is 1.22 bits per heavy atom. The van der Waals surface area contributed by atoms with Crippen LogP contribution in [0.2, 0.25) is 0 Å². The molecule has 24 heteroatoms. The molecular weight excluding hydrogens is 572 g/mol. The summed E-state index contributed by atoms with van der Waals surface area (Å²) in [5.74, 6) is -2.12. The van der Waals surface area contributed by atoms with Crippen LogP contribution in [0, 0.1) is 11.8 Å². The van der Waals surface area contributed by atoms with Crippen molar-refractivity contribution in [3.8, 4) is 0 Å². The Morgan fingerprint density at radius 3 is 1.66 bits per heavy atom. The number of hydrogen-bond donors (Lipinski definition) is 0. The van der Waals surface area contributed by atoms with Crippen molar-refractivity contribution in [2.75, 3.05) is 13.2 Å². The van der Waals surface area contributed by atoms with Crippen LogP contribution in [-0.2, 0) is 56.3 Å². The van der Waals surface area contributed by atoms with E-state index in [0.717, 1.165) is 0 Å². The molecule has 0 aromatic rings. The predicted molar refractivity (Wildman–Crippen MR) is 78.9 cm³/mol. The Bertz CT molecular complexity index is 626. The molecule has 0 rings (SSSR count). The second-order valence-electron chi connectivity index (χ2n) is 4.87. The van der Waals surface area contributed by atoms with Gasteiger partial charge in [-0.25, -0.2) is 16.8 Å². The zero-order chi connectivity index (χ0) is 21.8. The summed E-state index contributed by atoms with van der Waals surface area (Å²) in [5.41, 5.74) is 0. The topological polar surface area (TPSA) is 234 Å². The van der Waals surface area contributed by atoms with Gasteiger partial charge in [0.15, 0.2) is 24.6 Å². The Balaban J connectivity index is -0.000000607. The summed E-state index contributed by atoms with van der Waals surface area (Å²) in [6.07, 6.45) is -3.20. The van der Waals surface area contributed by atoms with E-state index in [1.807, 2.05) is 0 Å². The van der Waals surface area contributed by atoms with Gasteiger partial charge in [0.1, 0.15) is 12.2 Å². The molecule has 4 atom stereocenters. The fraction of sp³-hybridized carbons (Fsp3) is 1.00. The van der Waals surface area contributed by atoms with Gasteiger partial charge in [0.2, 0.25) is 20.8 Å².